The van der Waals surface area contributed by atoms with Gasteiger partial charge in [-0.1, -0.05) is 25.2 Å². The van der Waals surface area contributed by atoms with Crippen LogP contribution in [0.3, 0.4) is 0 Å². The lowest BCUT2D eigenvalue weighted by Gasteiger charge is -2.22. The summed E-state index contributed by atoms with van der Waals surface area (Å²) in [4.78, 5) is 12.0. The van der Waals surface area contributed by atoms with E-state index in [9.17, 15) is 4.79 Å². The largest absolute Gasteiger partial charge is 0.497 e. The number of allylic oxidation sites excluding steroid dienone is 2. The van der Waals surface area contributed by atoms with Crippen molar-refractivity contribution in [3.05, 3.63) is 59.7 Å². The van der Waals surface area contributed by atoms with Crippen LogP contribution in [-0.4, -0.2) is 25.7 Å². The summed E-state index contributed by atoms with van der Waals surface area (Å²) >= 11 is 0. The lowest BCUT2D eigenvalue weighted by atomic mass is 9.94. The van der Waals surface area contributed by atoms with Gasteiger partial charge in [0.2, 0.25) is 0 Å². The highest BCUT2D eigenvalue weighted by Gasteiger charge is 2.14. The van der Waals surface area contributed by atoms with E-state index in [2.05, 4.69) is 37.4 Å². The molecule has 0 spiro atoms. The molecule has 0 radical (unpaired) electrons. The molecule has 4 heteroatoms. The third-order valence-electron chi connectivity index (χ3n) is 4.16. The predicted molar refractivity (Wildman–Crippen MR) is 101 cm³/mol. The number of ether oxygens (including phenoxy) is 2. The lowest BCUT2D eigenvalue weighted by Crippen LogP contribution is -2.27. The Kier molecular flexibility index (Phi) is 6.87. The van der Waals surface area contributed by atoms with E-state index in [4.69, 9.17) is 9.47 Å². The highest BCUT2D eigenvalue weighted by molar-refractivity contribution is 5.91. The maximum absolute atomic E-state index is 12.0. The molecule has 0 aliphatic heterocycles. The van der Waals surface area contributed by atoms with Crippen molar-refractivity contribution in [2.75, 3.05) is 13.7 Å². The van der Waals surface area contributed by atoms with Gasteiger partial charge in [-0.2, -0.15) is 0 Å². The Morgan fingerprint density at radius 2 is 2.08 bits per heavy atom. The molecule has 1 aromatic carbocycles. The van der Waals surface area contributed by atoms with Crippen LogP contribution in [0.15, 0.2) is 54.1 Å². The molecule has 134 valence electrons. The molecule has 1 N–H and O–H groups in total. The molecule has 1 aromatic rings. The Bertz CT molecular complexity index is 671. The van der Waals surface area contributed by atoms with Crippen LogP contribution in [0.1, 0.15) is 32.8 Å². The van der Waals surface area contributed by atoms with Crippen molar-refractivity contribution in [3.63, 3.8) is 0 Å². The SMILES string of the molecule is CCOC(=O)/C=C(\N[C@@H](C)C1=CCC(C)C=C1)c1ccc(OC)cc1. The zero-order chi connectivity index (χ0) is 18.2. The first-order valence-electron chi connectivity index (χ1n) is 8.71. The van der Waals surface area contributed by atoms with Crippen molar-refractivity contribution in [1.82, 2.24) is 5.32 Å². The van der Waals surface area contributed by atoms with E-state index in [1.807, 2.05) is 24.3 Å². The maximum atomic E-state index is 12.0. The Balaban J connectivity index is 2.22. The fourth-order valence-electron chi connectivity index (χ4n) is 2.66. The molecule has 1 unspecified atom stereocenters. The molecule has 2 rings (SSSR count). The van der Waals surface area contributed by atoms with Crippen molar-refractivity contribution >= 4 is 11.7 Å². The highest BCUT2D eigenvalue weighted by Crippen LogP contribution is 2.22. The van der Waals surface area contributed by atoms with Gasteiger partial charge in [-0.25, -0.2) is 4.79 Å². The molecular formula is C21H27NO3. The molecule has 0 saturated heterocycles. The van der Waals surface area contributed by atoms with E-state index in [1.165, 1.54) is 11.6 Å². The van der Waals surface area contributed by atoms with Crippen LogP contribution in [0.4, 0.5) is 0 Å². The predicted octanol–water partition coefficient (Wildman–Crippen LogP) is 4.10. The Morgan fingerprint density at radius 3 is 2.64 bits per heavy atom. The van der Waals surface area contributed by atoms with E-state index in [-0.39, 0.29) is 12.0 Å². The summed E-state index contributed by atoms with van der Waals surface area (Å²) in [5.41, 5.74) is 2.87. The number of nitrogens with one attached hydrogen (secondary N) is 1. The van der Waals surface area contributed by atoms with Crippen LogP contribution < -0.4 is 10.1 Å². The van der Waals surface area contributed by atoms with Gasteiger partial charge >= 0.3 is 5.97 Å². The van der Waals surface area contributed by atoms with Crippen LogP contribution >= 0.6 is 0 Å². The standard InChI is InChI=1S/C21H27NO3/c1-5-25-21(23)14-20(18-10-12-19(24-4)13-11-18)22-16(3)17-8-6-15(2)7-9-17/h6,8-16,22H,5,7H2,1-4H3/b20-14-/t15?,16-/m0/s1. The molecule has 0 heterocycles. The number of methoxy groups -OCH3 is 1. The topological polar surface area (TPSA) is 47.6 Å². The van der Waals surface area contributed by atoms with Crippen LogP contribution in [0, 0.1) is 5.92 Å². The van der Waals surface area contributed by atoms with E-state index in [1.54, 1.807) is 14.0 Å². The number of rotatable bonds is 7. The molecule has 0 aromatic heterocycles. The first kappa shape index (κ1) is 18.8. The summed E-state index contributed by atoms with van der Waals surface area (Å²) in [5.74, 6) is 1.00. The molecule has 0 fully saturated rings. The summed E-state index contributed by atoms with van der Waals surface area (Å²) in [5, 5.41) is 3.44. The molecule has 2 atom stereocenters. The van der Waals surface area contributed by atoms with Crippen LogP contribution in [-0.2, 0) is 9.53 Å². The van der Waals surface area contributed by atoms with Gasteiger partial charge in [0.05, 0.1) is 13.7 Å². The fourth-order valence-corrected chi connectivity index (χ4v) is 2.66. The zero-order valence-electron chi connectivity index (χ0n) is 15.4. The monoisotopic (exact) mass is 341 g/mol. The Hall–Kier alpha value is -2.49. The van der Waals surface area contributed by atoms with Gasteiger partial charge in [0.1, 0.15) is 5.75 Å². The number of carbonyl (C=O) groups excluding carboxylic acids is 1. The second-order valence-electron chi connectivity index (χ2n) is 6.18. The molecule has 1 aliphatic carbocycles. The second kappa shape index (κ2) is 9.11. The van der Waals surface area contributed by atoms with Crippen molar-refractivity contribution in [2.45, 2.75) is 33.2 Å². The van der Waals surface area contributed by atoms with Crippen molar-refractivity contribution in [1.29, 1.82) is 0 Å². The van der Waals surface area contributed by atoms with Gasteiger partial charge in [0.15, 0.2) is 0 Å². The van der Waals surface area contributed by atoms with Gasteiger partial charge in [0.25, 0.3) is 0 Å². The van der Waals surface area contributed by atoms with E-state index < -0.39 is 0 Å². The van der Waals surface area contributed by atoms with E-state index >= 15 is 0 Å². The zero-order valence-corrected chi connectivity index (χ0v) is 15.4. The third-order valence-corrected chi connectivity index (χ3v) is 4.16. The van der Waals surface area contributed by atoms with Gasteiger partial charge in [-0.05, 0) is 61.6 Å². The van der Waals surface area contributed by atoms with Crippen molar-refractivity contribution in [3.8, 4) is 5.75 Å². The third kappa shape index (κ3) is 5.52. The lowest BCUT2D eigenvalue weighted by molar-refractivity contribution is -0.137. The quantitative estimate of drug-likeness (QED) is 0.599. The minimum atomic E-state index is -0.352. The van der Waals surface area contributed by atoms with E-state index in [0.717, 1.165) is 23.4 Å². The van der Waals surface area contributed by atoms with Crippen LogP contribution in [0.2, 0.25) is 0 Å². The normalized spacial score (nSPS) is 18.3. The number of esters is 1. The number of benzene rings is 1. The van der Waals surface area contributed by atoms with Crippen molar-refractivity contribution < 1.29 is 14.3 Å². The average Bonchev–Trinajstić information content (AvgIpc) is 2.62. The Labute approximate surface area is 150 Å². The summed E-state index contributed by atoms with van der Waals surface area (Å²) in [6, 6.07) is 7.70. The fraction of sp³-hybridized carbons (Fsp3) is 0.381. The average molecular weight is 341 g/mol. The smallest absolute Gasteiger partial charge is 0.332 e. The molecule has 4 nitrogen and oxygen atoms in total. The van der Waals surface area contributed by atoms with Gasteiger partial charge in [-0.15, -0.1) is 0 Å². The Morgan fingerprint density at radius 1 is 1.36 bits per heavy atom. The van der Waals surface area contributed by atoms with Gasteiger partial charge in [-0.3, -0.25) is 0 Å². The molecule has 1 aliphatic rings. The van der Waals surface area contributed by atoms with Crippen molar-refractivity contribution in [2.24, 2.45) is 5.92 Å². The summed E-state index contributed by atoms with van der Waals surface area (Å²) in [6.07, 6.45) is 9.17. The summed E-state index contributed by atoms with van der Waals surface area (Å²) in [7, 11) is 1.63. The molecule has 0 saturated carbocycles. The molecular weight excluding hydrogens is 314 g/mol. The summed E-state index contributed by atoms with van der Waals surface area (Å²) < 4.78 is 10.3. The van der Waals surface area contributed by atoms with E-state index in [0.29, 0.717) is 12.5 Å². The first-order valence-corrected chi connectivity index (χ1v) is 8.71. The second-order valence-corrected chi connectivity index (χ2v) is 6.18. The maximum Gasteiger partial charge on any atom is 0.332 e. The minimum absolute atomic E-state index is 0.0894. The summed E-state index contributed by atoms with van der Waals surface area (Å²) in [6.45, 7) is 6.44. The molecule has 0 bridgehead atoms. The highest BCUT2D eigenvalue weighted by atomic mass is 16.5. The number of carbonyl (C=O) groups is 1. The van der Waals surface area contributed by atoms with Gasteiger partial charge < -0.3 is 14.8 Å². The first-order chi connectivity index (χ1) is 12.0. The van der Waals surface area contributed by atoms with Gasteiger partial charge in [0, 0.05) is 17.8 Å². The number of hydrogen-bond donors (Lipinski definition) is 1. The molecule has 0 amide bonds. The van der Waals surface area contributed by atoms with Crippen LogP contribution in [0.25, 0.3) is 5.70 Å². The number of hydrogen-bond acceptors (Lipinski definition) is 4. The minimum Gasteiger partial charge on any atom is -0.497 e. The van der Waals surface area contributed by atoms with Crippen LogP contribution in [0.5, 0.6) is 5.75 Å². The molecule has 25 heavy (non-hydrogen) atoms.